The first-order valence-electron chi connectivity index (χ1n) is 2.81. The van der Waals surface area contributed by atoms with E-state index in [0.717, 1.165) is 4.47 Å². The van der Waals surface area contributed by atoms with E-state index in [0.29, 0.717) is 5.56 Å². The maximum Gasteiger partial charge on any atom is 0.252 e. The van der Waals surface area contributed by atoms with Gasteiger partial charge in [0.1, 0.15) is 0 Å². The van der Waals surface area contributed by atoms with Crippen molar-refractivity contribution in [1.82, 2.24) is 4.98 Å². The second-order valence-corrected chi connectivity index (χ2v) is 2.79. The van der Waals surface area contributed by atoms with Gasteiger partial charge < -0.3 is 10.7 Å². The lowest BCUT2D eigenvalue weighted by Gasteiger charge is -1.93. The Morgan fingerprint density at radius 2 is 2.27 bits per heavy atom. The highest BCUT2D eigenvalue weighted by Crippen LogP contribution is 2.05. The zero-order valence-corrected chi connectivity index (χ0v) is 8.93. The number of hydrogen-bond acceptors (Lipinski definition) is 2. The van der Waals surface area contributed by atoms with Gasteiger partial charge in [-0.3, -0.25) is 4.79 Å². The monoisotopic (exact) mass is 282 g/mol. The van der Waals surface area contributed by atoms with Crippen LogP contribution in [0.3, 0.4) is 0 Å². The van der Waals surface area contributed by atoms with Gasteiger partial charge in [0.15, 0.2) is 0 Å². The first kappa shape index (κ1) is 10.9. The van der Waals surface area contributed by atoms with Gasteiger partial charge in [-0.15, -0.1) is 17.0 Å². The van der Waals surface area contributed by atoms with Crippen LogP contribution in [0.5, 0.6) is 0 Å². The van der Waals surface area contributed by atoms with Crippen LogP contribution in [0, 0.1) is 0 Å². The van der Waals surface area contributed by atoms with Crippen LogP contribution in [-0.4, -0.2) is 4.98 Å². The zero-order chi connectivity index (χ0) is 7.56. The SMILES string of the molecule is Br.NCc1cc(Br)c[nH]c1=O. The fourth-order valence-corrected chi connectivity index (χ4v) is 1.04. The number of rotatable bonds is 1. The summed E-state index contributed by atoms with van der Waals surface area (Å²) in [6, 6.07) is 1.71. The summed E-state index contributed by atoms with van der Waals surface area (Å²) in [5.74, 6) is 0. The molecule has 0 fully saturated rings. The zero-order valence-electron chi connectivity index (χ0n) is 5.63. The highest BCUT2D eigenvalue weighted by Gasteiger charge is 1.95. The third-order valence-electron chi connectivity index (χ3n) is 1.16. The van der Waals surface area contributed by atoms with Gasteiger partial charge in [-0.25, -0.2) is 0 Å². The van der Waals surface area contributed by atoms with Gasteiger partial charge >= 0.3 is 0 Å². The lowest BCUT2D eigenvalue weighted by molar-refractivity contribution is 1.01. The van der Waals surface area contributed by atoms with E-state index in [9.17, 15) is 4.79 Å². The van der Waals surface area contributed by atoms with Crippen molar-refractivity contribution in [2.24, 2.45) is 5.73 Å². The normalized spacial score (nSPS) is 8.91. The molecule has 3 N–H and O–H groups in total. The van der Waals surface area contributed by atoms with Gasteiger partial charge in [0.2, 0.25) is 0 Å². The summed E-state index contributed by atoms with van der Waals surface area (Å²) in [5, 5.41) is 0. The van der Waals surface area contributed by atoms with Crippen LogP contribution < -0.4 is 11.3 Å². The summed E-state index contributed by atoms with van der Waals surface area (Å²) in [7, 11) is 0. The number of H-pyrrole nitrogens is 1. The predicted octanol–water partition coefficient (Wildman–Crippen LogP) is 1.17. The summed E-state index contributed by atoms with van der Waals surface area (Å²) in [5.41, 5.74) is 5.75. The summed E-state index contributed by atoms with van der Waals surface area (Å²) in [6.45, 7) is 0.273. The molecule has 0 saturated heterocycles. The Balaban J connectivity index is 0.000001000. The molecule has 0 saturated carbocycles. The van der Waals surface area contributed by atoms with E-state index < -0.39 is 0 Å². The molecule has 0 radical (unpaired) electrons. The molecule has 11 heavy (non-hydrogen) atoms. The van der Waals surface area contributed by atoms with Crippen LogP contribution in [0.25, 0.3) is 0 Å². The van der Waals surface area contributed by atoms with E-state index >= 15 is 0 Å². The molecule has 3 nitrogen and oxygen atoms in total. The molecule has 0 unspecified atom stereocenters. The van der Waals surface area contributed by atoms with Gasteiger partial charge in [-0.1, -0.05) is 0 Å². The van der Waals surface area contributed by atoms with Crippen LogP contribution in [-0.2, 0) is 6.54 Å². The Morgan fingerprint density at radius 3 is 2.73 bits per heavy atom. The molecule has 1 aromatic heterocycles. The molecule has 1 aromatic rings. The topological polar surface area (TPSA) is 58.9 Å². The standard InChI is InChI=1S/C6H7BrN2O.BrH/c7-5-1-4(2-8)6(10)9-3-5;/h1,3H,2,8H2,(H,9,10);1H. The maximum atomic E-state index is 10.8. The summed E-state index contributed by atoms with van der Waals surface area (Å²) in [4.78, 5) is 13.4. The number of nitrogens with one attached hydrogen (secondary N) is 1. The molecular formula is C6H8Br2N2O. The summed E-state index contributed by atoms with van der Waals surface area (Å²) >= 11 is 3.21. The minimum atomic E-state index is -0.120. The van der Waals surface area contributed by atoms with Gasteiger partial charge in [-0.05, 0) is 22.0 Å². The van der Waals surface area contributed by atoms with Crippen molar-refractivity contribution in [2.45, 2.75) is 6.54 Å². The molecule has 0 aliphatic carbocycles. The molecule has 0 aliphatic rings. The maximum absolute atomic E-state index is 10.8. The van der Waals surface area contributed by atoms with Gasteiger partial charge in [-0.2, -0.15) is 0 Å². The third-order valence-corrected chi connectivity index (χ3v) is 1.62. The third kappa shape index (κ3) is 2.76. The minimum Gasteiger partial charge on any atom is -0.328 e. The Labute approximate surface area is 82.9 Å². The van der Waals surface area contributed by atoms with E-state index in [2.05, 4.69) is 20.9 Å². The van der Waals surface area contributed by atoms with Crippen molar-refractivity contribution in [3.8, 4) is 0 Å². The highest BCUT2D eigenvalue weighted by atomic mass is 79.9. The van der Waals surface area contributed by atoms with E-state index in [1.165, 1.54) is 0 Å². The average molecular weight is 284 g/mol. The van der Waals surface area contributed by atoms with Crippen LogP contribution in [0.4, 0.5) is 0 Å². The molecule has 0 bridgehead atoms. The second-order valence-electron chi connectivity index (χ2n) is 1.88. The fraction of sp³-hybridized carbons (Fsp3) is 0.167. The fourth-order valence-electron chi connectivity index (χ4n) is 0.652. The van der Waals surface area contributed by atoms with Gasteiger partial charge in [0.05, 0.1) is 0 Å². The molecule has 5 heteroatoms. The highest BCUT2D eigenvalue weighted by molar-refractivity contribution is 9.10. The van der Waals surface area contributed by atoms with Crippen molar-refractivity contribution < 1.29 is 0 Å². The first-order chi connectivity index (χ1) is 4.74. The Kier molecular flexibility index (Phi) is 4.63. The van der Waals surface area contributed by atoms with Crippen LogP contribution in [0.1, 0.15) is 5.56 Å². The largest absolute Gasteiger partial charge is 0.328 e. The van der Waals surface area contributed by atoms with Crippen LogP contribution >= 0.6 is 32.9 Å². The van der Waals surface area contributed by atoms with E-state index in [1.54, 1.807) is 12.3 Å². The summed E-state index contributed by atoms with van der Waals surface area (Å²) in [6.07, 6.45) is 1.58. The number of nitrogens with two attached hydrogens (primary N) is 1. The molecule has 0 amide bonds. The number of aromatic amines is 1. The lowest BCUT2D eigenvalue weighted by Crippen LogP contribution is -2.14. The molecule has 62 valence electrons. The van der Waals surface area contributed by atoms with Crippen LogP contribution in [0.15, 0.2) is 21.5 Å². The van der Waals surface area contributed by atoms with Crippen molar-refractivity contribution >= 4 is 32.9 Å². The molecule has 0 atom stereocenters. The Hall–Kier alpha value is -0.130. The molecule has 1 heterocycles. The molecule has 0 aliphatic heterocycles. The lowest BCUT2D eigenvalue weighted by atomic mass is 10.3. The van der Waals surface area contributed by atoms with E-state index in [-0.39, 0.29) is 29.1 Å². The smallest absolute Gasteiger partial charge is 0.252 e. The predicted molar refractivity (Wildman–Crippen MR) is 53.0 cm³/mol. The Bertz CT molecular complexity index is 284. The Morgan fingerprint density at radius 1 is 1.64 bits per heavy atom. The number of hydrogen-bond donors (Lipinski definition) is 2. The van der Waals surface area contributed by atoms with Crippen molar-refractivity contribution in [1.29, 1.82) is 0 Å². The van der Waals surface area contributed by atoms with Crippen molar-refractivity contribution in [3.63, 3.8) is 0 Å². The number of pyridine rings is 1. The van der Waals surface area contributed by atoms with E-state index in [1.807, 2.05) is 0 Å². The van der Waals surface area contributed by atoms with Gasteiger partial charge in [0.25, 0.3) is 5.56 Å². The van der Waals surface area contributed by atoms with E-state index in [4.69, 9.17) is 5.73 Å². The van der Waals surface area contributed by atoms with Crippen molar-refractivity contribution in [3.05, 3.63) is 32.7 Å². The molecule has 0 spiro atoms. The first-order valence-corrected chi connectivity index (χ1v) is 3.60. The average Bonchev–Trinajstić information content (AvgIpc) is 1.94. The summed E-state index contributed by atoms with van der Waals surface area (Å²) < 4.78 is 0.840. The van der Waals surface area contributed by atoms with Gasteiger partial charge in [0, 0.05) is 22.8 Å². The second kappa shape index (κ2) is 4.69. The van der Waals surface area contributed by atoms with Crippen molar-refractivity contribution in [2.75, 3.05) is 0 Å². The quantitative estimate of drug-likeness (QED) is 0.813. The molecular weight excluding hydrogens is 276 g/mol. The van der Waals surface area contributed by atoms with Crippen LogP contribution in [0.2, 0.25) is 0 Å². The number of aromatic nitrogens is 1. The minimum absolute atomic E-state index is 0. The number of halogens is 2. The molecule has 0 aromatic carbocycles. The molecule has 1 rings (SSSR count).